The fourth-order valence-electron chi connectivity index (χ4n) is 2.18. The summed E-state index contributed by atoms with van der Waals surface area (Å²) >= 11 is 0. The standard InChI is InChI=1S/C14H19N3O2/c1-3-17(4-2)9-11-10-7-5-6-8-12(10)19-13(11)14(18)16-15/h5-8H,3-4,9,15H2,1-2H3,(H,16,18). The van der Waals surface area contributed by atoms with Crippen molar-refractivity contribution in [3.8, 4) is 0 Å². The molecule has 2 aromatic rings. The summed E-state index contributed by atoms with van der Waals surface area (Å²) < 4.78 is 5.62. The maximum atomic E-state index is 11.8. The molecule has 0 saturated carbocycles. The molecular weight excluding hydrogens is 242 g/mol. The quantitative estimate of drug-likeness (QED) is 0.490. The molecule has 1 aromatic carbocycles. The molecule has 19 heavy (non-hydrogen) atoms. The third-order valence-corrected chi connectivity index (χ3v) is 3.31. The van der Waals surface area contributed by atoms with Crippen LogP contribution < -0.4 is 11.3 Å². The Hall–Kier alpha value is -1.85. The van der Waals surface area contributed by atoms with E-state index in [-0.39, 0.29) is 0 Å². The Bertz CT molecular complexity index is 573. The van der Waals surface area contributed by atoms with Gasteiger partial charge in [0.25, 0.3) is 0 Å². The Kier molecular flexibility index (Phi) is 4.19. The number of nitrogens with two attached hydrogens (primary N) is 1. The van der Waals surface area contributed by atoms with Gasteiger partial charge in [0.05, 0.1) is 0 Å². The van der Waals surface area contributed by atoms with Crippen LogP contribution in [0.5, 0.6) is 0 Å². The predicted molar refractivity (Wildman–Crippen MR) is 74.5 cm³/mol. The van der Waals surface area contributed by atoms with Crippen LogP contribution in [0.2, 0.25) is 0 Å². The normalized spacial score (nSPS) is 11.2. The van der Waals surface area contributed by atoms with Gasteiger partial charge in [-0.15, -0.1) is 0 Å². The summed E-state index contributed by atoms with van der Waals surface area (Å²) in [5.74, 6) is 5.13. The first-order valence-electron chi connectivity index (χ1n) is 6.44. The fourth-order valence-corrected chi connectivity index (χ4v) is 2.18. The van der Waals surface area contributed by atoms with Gasteiger partial charge in [-0.2, -0.15) is 0 Å². The molecule has 5 heteroatoms. The van der Waals surface area contributed by atoms with Crippen LogP contribution in [-0.4, -0.2) is 23.9 Å². The van der Waals surface area contributed by atoms with Crippen LogP contribution in [0.3, 0.4) is 0 Å². The van der Waals surface area contributed by atoms with E-state index < -0.39 is 5.91 Å². The third kappa shape index (κ3) is 2.62. The Morgan fingerprint density at radius 1 is 1.32 bits per heavy atom. The minimum absolute atomic E-state index is 0.301. The largest absolute Gasteiger partial charge is 0.451 e. The number of para-hydroxylation sites is 1. The van der Waals surface area contributed by atoms with Crippen molar-refractivity contribution in [1.82, 2.24) is 10.3 Å². The van der Waals surface area contributed by atoms with Gasteiger partial charge in [-0.3, -0.25) is 15.1 Å². The lowest BCUT2D eigenvalue weighted by Gasteiger charge is -2.17. The molecule has 0 aliphatic heterocycles. The van der Waals surface area contributed by atoms with Crippen molar-refractivity contribution in [3.05, 3.63) is 35.6 Å². The molecule has 0 saturated heterocycles. The van der Waals surface area contributed by atoms with Crippen molar-refractivity contribution in [3.63, 3.8) is 0 Å². The van der Waals surface area contributed by atoms with E-state index in [0.29, 0.717) is 17.9 Å². The number of benzene rings is 1. The molecule has 1 amide bonds. The number of carbonyl (C=O) groups is 1. The highest BCUT2D eigenvalue weighted by molar-refractivity contribution is 5.98. The Morgan fingerprint density at radius 2 is 2.00 bits per heavy atom. The zero-order valence-corrected chi connectivity index (χ0v) is 11.3. The van der Waals surface area contributed by atoms with Gasteiger partial charge in [0.1, 0.15) is 5.58 Å². The van der Waals surface area contributed by atoms with E-state index in [1.54, 1.807) is 0 Å². The van der Waals surface area contributed by atoms with Crippen molar-refractivity contribution >= 4 is 16.9 Å². The number of nitrogens with zero attached hydrogens (tertiary/aromatic N) is 1. The first-order valence-corrected chi connectivity index (χ1v) is 6.44. The Balaban J connectivity index is 2.51. The first kappa shape index (κ1) is 13.6. The second-order valence-corrected chi connectivity index (χ2v) is 4.34. The molecule has 0 aliphatic carbocycles. The molecule has 0 radical (unpaired) electrons. The van der Waals surface area contributed by atoms with Crippen molar-refractivity contribution in [2.45, 2.75) is 20.4 Å². The molecule has 102 valence electrons. The SMILES string of the molecule is CCN(CC)Cc1c(C(=O)NN)oc2ccccc12. The number of amides is 1. The van der Waals surface area contributed by atoms with Crippen LogP contribution in [-0.2, 0) is 6.54 Å². The summed E-state index contributed by atoms with van der Waals surface area (Å²) in [6.07, 6.45) is 0. The number of carbonyl (C=O) groups excluding carboxylic acids is 1. The molecule has 0 aliphatic rings. The Morgan fingerprint density at radius 3 is 2.63 bits per heavy atom. The van der Waals surface area contributed by atoms with Gasteiger partial charge < -0.3 is 4.42 Å². The van der Waals surface area contributed by atoms with Crippen molar-refractivity contribution in [1.29, 1.82) is 0 Å². The fraction of sp³-hybridized carbons (Fsp3) is 0.357. The number of furan rings is 1. The zero-order valence-electron chi connectivity index (χ0n) is 11.3. The number of hydrogen-bond acceptors (Lipinski definition) is 4. The van der Waals surface area contributed by atoms with E-state index in [0.717, 1.165) is 24.0 Å². The minimum Gasteiger partial charge on any atom is -0.451 e. The number of fused-ring (bicyclic) bond motifs is 1. The molecule has 0 atom stereocenters. The molecular formula is C14H19N3O2. The average molecular weight is 261 g/mol. The van der Waals surface area contributed by atoms with E-state index >= 15 is 0 Å². The second kappa shape index (κ2) is 5.86. The molecule has 5 nitrogen and oxygen atoms in total. The summed E-state index contributed by atoms with van der Waals surface area (Å²) in [7, 11) is 0. The molecule has 0 unspecified atom stereocenters. The maximum Gasteiger partial charge on any atom is 0.301 e. The highest BCUT2D eigenvalue weighted by Gasteiger charge is 2.20. The highest BCUT2D eigenvalue weighted by atomic mass is 16.3. The molecule has 1 aromatic heterocycles. The third-order valence-electron chi connectivity index (χ3n) is 3.31. The first-order chi connectivity index (χ1) is 9.21. The van der Waals surface area contributed by atoms with Gasteiger partial charge in [-0.1, -0.05) is 32.0 Å². The smallest absolute Gasteiger partial charge is 0.301 e. The van der Waals surface area contributed by atoms with Crippen LogP contribution in [0.4, 0.5) is 0 Å². The number of rotatable bonds is 5. The number of hydrazine groups is 1. The summed E-state index contributed by atoms with van der Waals surface area (Å²) in [5, 5.41) is 0.966. The highest BCUT2D eigenvalue weighted by Crippen LogP contribution is 2.27. The van der Waals surface area contributed by atoms with E-state index in [4.69, 9.17) is 10.3 Å². The molecule has 3 N–H and O–H groups in total. The lowest BCUT2D eigenvalue weighted by Crippen LogP contribution is -2.31. The van der Waals surface area contributed by atoms with E-state index in [9.17, 15) is 4.79 Å². The molecule has 0 fully saturated rings. The summed E-state index contributed by atoms with van der Waals surface area (Å²) in [5.41, 5.74) is 3.74. The van der Waals surface area contributed by atoms with E-state index in [1.165, 1.54) is 0 Å². The summed E-state index contributed by atoms with van der Waals surface area (Å²) in [6.45, 7) is 6.69. The number of nitrogens with one attached hydrogen (secondary N) is 1. The molecule has 0 spiro atoms. The molecule has 0 bridgehead atoms. The minimum atomic E-state index is -0.390. The van der Waals surface area contributed by atoms with E-state index in [1.807, 2.05) is 24.3 Å². The van der Waals surface area contributed by atoms with Gasteiger partial charge in [-0.25, -0.2) is 5.84 Å². The van der Waals surface area contributed by atoms with Crippen LogP contribution in [0.15, 0.2) is 28.7 Å². The lowest BCUT2D eigenvalue weighted by molar-refractivity contribution is 0.0925. The monoisotopic (exact) mass is 261 g/mol. The van der Waals surface area contributed by atoms with Crippen LogP contribution in [0, 0.1) is 0 Å². The van der Waals surface area contributed by atoms with Crippen LogP contribution >= 0.6 is 0 Å². The lowest BCUT2D eigenvalue weighted by atomic mass is 10.1. The summed E-state index contributed by atoms with van der Waals surface area (Å²) in [6, 6.07) is 7.64. The van der Waals surface area contributed by atoms with Gasteiger partial charge in [0.15, 0.2) is 5.76 Å². The number of hydrogen-bond donors (Lipinski definition) is 2. The van der Waals surface area contributed by atoms with E-state index in [2.05, 4.69) is 24.2 Å². The van der Waals surface area contributed by atoms with Gasteiger partial charge in [0.2, 0.25) is 0 Å². The van der Waals surface area contributed by atoms with Crippen LogP contribution in [0.25, 0.3) is 11.0 Å². The van der Waals surface area contributed by atoms with Gasteiger partial charge in [0, 0.05) is 17.5 Å². The number of nitrogen functional groups attached to an aromatic ring is 1. The molecule has 2 rings (SSSR count). The van der Waals surface area contributed by atoms with Crippen molar-refractivity contribution < 1.29 is 9.21 Å². The molecule has 1 heterocycles. The predicted octanol–water partition coefficient (Wildman–Crippen LogP) is 1.88. The topological polar surface area (TPSA) is 71.5 Å². The average Bonchev–Trinajstić information content (AvgIpc) is 2.82. The van der Waals surface area contributed by atoms with Gasteiger partial charge >= 0.3 is 5.91 Å². The summed E-state index contributed by atoms with van der Waals surface area (Å²) in [4.78, 5) is 14.0. The zero-order chi connectivity index (χ0) is 13.8. The maximum absolute atomic E-state index is 11.8. The van der Waals surface area contributed by atoms with Crippen molar-refractivity contribution in [2.24, 2.45) is 5.84 Å². The van der Waals surface area contributed by atoms with Crippen LogP contribution in [0.1, 0.15) is 30.0 Å². The Labute approximate surface area is 112 Å². The second-order valence-electron chi connectivity index (χ2n) is 4.34. The van der Waals surface area contributed by atoms with Gasteiger partial charge in [-0.05, 0) is 19.2 Å². The van der Waals surface area contributed by atoms with Crippen molar-refractivity contribution in [2.75, 3.05) is 13.1 Å².